The Kier molecular flexibility index (Phi) is 6.55. The Morgan fingerprint density at radius 3 is 2.35 bits per heavy atom. The molecule has 7 nitrogen and oxygen atoms in total. The van der Waals surface area contributed by atoms with Crippen molar-refractivity contribution in [3.05, 3.63) is 18.2 Å². The summed E-state index contributed by atoms with van der Waals surface area (Å²) < 4.78 is 25.7. The van der Waals surface area contributed by atoms with Crippen molar-refractivity contribution in [1.29, 1.82) is 0 Å². The normalized spacial score (nSPS) is 13.0. The number of sulfonamides is 1. The van der Waals surface area contributed by atoms with Crippen LogP contribution in [0.15, 0.2) is 23.1 Å². The van der Waals surface area contributed by atoms with E-state index in [0.29, 0.717) is 17.8 Å². The molecule has 130 valence electrons. The van der Waals surface area contributed by atoms with E-state index in [2.05, 4.69) is 5.32 Å². The number of carbonyl (C=O) groups excluding carboxylic acids is 1. The lowest BCUT2D eigenvalue weighted by atomic mass is 10.1. The molecule has 0 saturated carbocycles. The van der Waals surface area contributed by atoms with Crippen LogP contribution in [0.4, 0.5) is 11.4 Å². The monoisotopic (exact) mass is 342 g/mol. The molecule has 1 rings (SSSR count). The molecule has 3 N–H and O–H groups in total. The zero-order valence-corrected chi connectivity index (χ0v) is 15.1. The van der Waals surface area contributed by atoms with Gasteiger partial charge in [0.15, 0.2) is 0 Å². The molecule has 1 aromatic rings. The van der Waals surface area contributed by atoms with Crippen LogP contribution in [-0.4, -0.2) is 52.9 Å². The SMILES string of the molecule is CCCC(N)C(=O)Nc1cc(S(=O)(=O)N(C)C)ccc1N(C)C. The second-order valence-electron chi connectivity index (χ2n) is 5.75. The highest BCUT2D eigenvalue weighted by molar-refractivity contribution is 7.89. The Labute approximate surface area is 138 Å². The van der Waals surface area contributed by atoms with Crippen molar-refractivity contribution >= 4 is 27.3 Å². The lowest BCUT2D eigenvalue weighted by molar-refractivity contribution is -0.117. The van der Waals surface area contributed by atoms with Gasteiger partial charge in [-0.2, -0.15) is 0 Å². The van der Waals surface area contributed by atoms with Crippen LogP contribution in [0.1, 0.15) is 19.8 Å². The molecule has 0 aliphatic rings. The predicted molar refractivity (Wildman–Crippen MR) is 93.2 cm³/mol. The van der Waals surface area contributed by atoms with Crippen molar-refractivity contribution in [2.45, 2.75) is 30.7 Å². The fourth-order valence-electron chi connectivity index (χ4n) is 2.04. The number of carbonyl (C=O) groups is 1. The first kappa shape index (κ1) is 19.4. The molecular weight excluding hydrogens is 316 g/mol. The van der Waals surface area contributed by atoms with Crippen LogP contribution in [0.3, 0.4) is 0 Å². The second-order valence-corrected chi connectivity index (χ2v) is 7.90. The molecule has 0 heterocycles. The van der Waals surface area contributed by atoms with Gasteiger partial charge in [-0.25, -0.2) is 12.7 Å². The molecule has 1 amide bonds. The van der Waals surface area contributed by atoms with Crippen LogP contribution in [0.25, 0.3) is 0 Å². The Balaban J connectivity index is 3.25. The summed E-state index contributed by atoms with van der Waals surface area (Å²) in [4.78, 5) is 14.1. The third-order valence-corrected chi connectivity index (χ3v) is 5.23. The highest BCUT2D eigenvalue weighted by atomic mass is 32.2. The van der Waals surface area contributed by atoms with Gasteiger partial charge >= 0.3 is 0 Å². The van der Waals surface area contributed by atoms with Gasteiger partial charge < -0.3 is 16.0 Å². The van der Waals surface area contributed by atoms with Gasteiger partial charge in [-0.3, -0.25) is 4.79 Å². The average molecular weight is 342 g/mol. The van der Waals surface area contributed by atoms with Crippen molar-refractivity contribution < 1.29 is 13.2 Å². The van der Waals surface area contributed by atoms with Crippen LogP contribution in [0.5, 0.6) is 0 Å². The van der Waals surface area contributed by atoms with E-state index in [9.17, 15) is 13.2 Å². The van der Waals surface area contributed by atoms with Crippen molar-refractivity contribution in [2.75, 3.05) is 38.4 Å². The predicted octanol–water partition coefficient (Wildman–Crippen LogP) is 1.07. The highest BCUT2D eigenvalue weighted by Crippen LogP contribution is 2.28. The number of benzene rings is 1. The first-order valence-corrected chi connectivity index (χ1v) is 8.85. The van der Waals surface area contributed by atoms with E-state index in [4.69, 9.17) is 5.73 Å². The van der Waals surface area contributed by atoms with E-state index in [1.807, 2.05) is 21.0 Å². The molecule has 0 bridgehead atoms. The lowest BCUT2D eigenvalue weighted by Gasteiger charge is -2.21. The summed E-state index contributed by atoms with van der Waals surface area (Å²) >= 11 is 0. The third-order valence-electron chi connectivity index (χ3n) is 3.42. The van der Waals surface area contributed by atoms with Gasteiger partial charge in [0.2, 0.25) is 15.9 Å². The number of rotatable bonds is 7. The molecule has 1 atom stereocenters. The van der Waals surface area contributed by atoms with E-state index >= 15 is 0 Å². The van der Waals surface area contributed by atoms with Crippen LogP contribution < -0.4 is 16.0 Å². The van der Waals surface area contributed by atoms with Crippen molar-refractivity contribution in [3.63, 3.8) is 0 Å². The number of amides is 1. The summed E-state index contributed by atoms with van der Waals surface area (Å²) in [6.45, 7) is 1.95. The summed E-state index contributed by atoms with van der Waals surface area (Å²) in [6, 6.07) is 4.02. The van der Waals surface area contributed by atoms with E-state index in [-0.39, 0.29) is 10.8 Å². The maximum atomic E-state index is 12.3. The molecule has 0 spiro atoms. The molecule has 8 heteroatoms. The molecule has 23 heavy (non-hydrogen) atoms. The summed E-state index contributed by atoms with van der Waals surface area (Å²) in [7, 11) is 2.98. The zero-order valence-electron chi connectivity index (χ0n) is 14.3. The topological polar surface area (TPSA) is 95.7 Å². The third kappa shape index (κ3) is 4.66. The van der Waals surface area contributed by atoms with Gasteiger partial charge in [-0.05, 0) is 24.6 Å². The average Bonchev–Trinajstić information content (AvgIpc) is 2.46. The summed E-state index contributed by atoms with van der Waals surface area (Å²) in [6.07, 6.45) is 1.36. The molecule has 1 unspecified atom stereocenters. The standard InChI is InChI=1S/C15H26N4O3S/c1-6-7-12(16)15(20)17-13-10-11(23(21,22)19(4)5)8-9-14(13)18(2)3/h8-10,12H,6-7,16H2,1-5H3,(H,17,20). The minimum atomic E-state index is -3.58. The smallest absolute Gasteiger partial charge is 0.242 e. The van der Waals surface area contributed by atoms with Gasteiger partial charge in [-0.1, -0.05) is 13.3 Å². The van der Waals surface area contributed by atoms with E-state index in [1.165, 1.54) is 26.2 Å². The van der Waals surface area contributed by atoms with E-state index in [1.54, 1.807) is 11.0 Å². The number of hydrogen-bond acceptors (Lipinski definition) is 5. The molecule has 1 aromatic carbocycles. The first-order chi connectivity index (χ1) is 10.6. The number of nitrogens with two attached hydrogens (primary N) is 1. The number of anilines is 2. The summed E-state index contributed by atoms with van der Waals surface area (Å²) in [5, 5.41) is 2.74. The molecule has 0 fully saturated rings. The number of nitrogens with zero attached hydrogens (tertiary/aromatic N) is 2. The van der Waals surface area contributed by atoms with Gasteiger partial charge in [0.05, 0.1) is 22.3 Å². The van der Waals surface area contributed by atoms with Crippen LogP contribution >= 0.6 is 0 Å². The molecule has 0 aliphatic heterocycles. The Bertz CT molecular complexity index is 657. The van der Waals surface area contributed by atoms with Crippen LogP contribution in [0, 0.1) is 0 Å². The Morgan fingerprint density at radius 2 is 1.87 bits per heavy atom. The van der Waals surface area contributed by atoms with E-state index in [0.717, 1.165) is 10.7 Å². The maximum Gasteiger partial charge on any atom is 0.242 e. The second kappa shape index (κ2) is 7.76. The Morgan fingerprint density at radius 1 is 1.26 bits per heavy atom. The lowest BCUT2D eigenvalue weighted by Crippen LogP contribution is -2.35. The number of hydrogen-bond donors (Lipinski definition) is 2. The fourth-order valence-corrected chi connectivity index (χ4v) is 2.97. The largest absolute Gasteiger partial charge is 0.376 e. The Hall–Kier alpha value is -1.64. The first-order valence-electron chi connectivity index (χ1n) is 7.41. The maximum absolute atomic E-state index is 12.3. The minimum absolute atomic E-state index is 0.118. The van der Waals surface area contributed by atoms with Gasteiger partial charge in [0.1, 0.15) is 0 Å². The highest BCUT2D eigenvalue weighted by Gasteiger charge is 2.21. The molecular formula is C15H26N4O3S. The van der Waals surface area contributed by atoms with Crippen molar-refractivity contribution in [1.82, 2.24) is 4.31 Å². The van der Waals surface area contributed by atoms with E-state index < -0.39 is 16.1 Å². The van der Waals surface area contributed by atoms with Crippen LogP contribution in [0.2, 0.25) is 0 Å². The van der Waals surface area contributed by atoms with Crippen molar-refractivity contribution in [2.24, 2.45) is 5.73 Å². The van der Waals surface area contributed by atoms with Crippen LogP contribution in [-0.2, 0) is 14.8 Å². The minimum Gasteiger partial charge on any atom is -0.376 e. The summed E-state index contributed by atoms with van der Waals surface area (Å²) in [5.74, 6) is -0.325. The zero-order chi connectivity index (χ0) is 17.8. The molecule has 0 aliphatic carbocycles. The van der Waals surface area contributed by atoms with Gasteiger partial charge in [0, 0.05) is 28.2 Å². The molecule has 0 saturated heterocycles. The summed E-state index contributed by atoms with van der Waals surface area (Å²) in [5.41, 5.74) is 6.96. The van der Waals surface area contributed by atoms with Gasteiger partial charge in [-0.15, -0.1) is 0 Å². The van der Waals surface area contributed by atoms with Gasteiger partial charge in [0.25, 0.3) is 0 Å². The molecule has 0 radical (unpaired) electrons. The van der Waals surface area contributed by atoms with Crippen molar-refractivity contribution in [3.8, 4) is 0 Å². The fraction of sp³-hybridized carbons (Fsp3) is 0.533. The molecule has 0 aromatic heterocycles. The quantitative estimate of drug-likeness (QED) is 0.773. The number of nitrogens with one attached hydrogen (secondary N) is 1.